The van der Waals surface area contributed by atoms with Gasteiger partial charge in [0.1, 0.15) is 0 Å². The second-order valence-corrected chi connectivity index (χ2v) is 4.82. The second-order valence-electron chi connectivity index (χ2n) is 2.99. The second kappa shape index (κ2) is 3.69. The van der Waals surface area contributed by atoms with Crippen LogP contribution in [0.1, 0.15) is 0 Å². The first kappa shape index (κ1) is 9.49. The summed E-state index contributed by atoms with van der Waals surface area (Å²) in [5, 5.41) is 6.46. The summed E-state index contributed by atoms with van der Waals surface area (Å²) in [5.41, 5.74) is 8.29. The minimum atomic E-state index is 0.446. The van der Waals surface area contributed by atoms with E-state index < -0.39 is 0 Å². The van der Waals surface area contributed by atoms with Gasteiger partial charge in [-0.05, 0) is 11.4 Å². The SMILES string of the molecule is Nc1sccc1-c1nc(-c2cncs2)no1. The minimum Gasteiger partial charge on any atom is -0.390 e. The van der Waals surface area contributed by atoms with Crippen molar-refractivity contribution in [1.29, 1.82) is 0 Å². The zero-order valence-corrected chi connectivity index (χ0v) is 9.59. The summed E-state index contributed by atoms with van der Waals surface area (Å²) in [6.45, 7) is 0. The summed E-state index contributed by atoms with van der Waals surface area (Å²) in [6, 6.07) is 1.87. The van der Waals surface area contributed by atoms with Crippen LogP contribution in [0.3, 0.4) is 0 Å². The molecule has 0 aliphatic carbocycles. The maximum Gasteiger partial charge on any atom is 0.261 e. The molecule has 0 aromatic carbocycles. The summed E-state index contributed by atoms with van der Waals surface area (Å²) in [4.78, 5) is 9.12. The zero-order valence-electron chi connectivity index (χ0n) is 7.95. The number of hydrogen-bond acceptors (Lipinski definition) is 7. The van der Waals surface area contributed by atoms with Crippen molar-refractivity contribution in [1.82, 2.24) is 15.1 Å². The Hall–Kier alpha value is -1.73. The van der Waals surface area contributed by atoms with Gasteiger partial charge in [-0.3, -0.25) is 4.98 Å². The van der Waals surface area contributed by atoms with E-state index in [-0.39, 0.29) is 0 Å². The lowest BCUT2D eigenvalue weighted by Gasteiger charge is -1.88. The molecule has 0 amide bonds. The average molecular weight is 250 g/mol. The normalized spacial score (nSPS) is 10.8. The van der Waals surface area contributed by atoms with Gasteiger partial charge in [-0.1, -0.05) is 5.16 Å². The standard InChI is InChI=1S/C9H6N4OS2/c10-7-5(1-2-15-7)9-12-8(13-14-9)6-3-11-4-16-6/h1-4H,10H2. The zero-order chi connectivity index (χ0) is 11.0. The molecule has 0 spiro atoms. The fourth-order valence-corrected chi connectivity index (χ4v) is 2.44. The van der Waals surface area contributed by atoms with E-state index in [4.69, 9.17) is 10.3 Å². The van der Waals surface area contributed by atoms with Crippen molar-refractivity contribution in [2.75, 3.05) is 5.73 Å². The topological polar surface area (TPSA) is 77.8 Å². The lowest BCUT2D eigenvalue weighted by molar-refractivity contribution is 0.433. The lowest BCUT2D eigenvalue weighted by Crippen LogP contribution is -1.83. The highest BCUT2D eigenvalue weighted by atomic mass is 32.1. The fraction of sp³-hybridized carbons (Fsp3) is 0. The van der Waals surface area contributed by atoms with Gasteiger partial charge in [-0.2, -0.15) is 4.98 Å². The maximum atomic E-state index is 5.78. The van der Waals surface area contributed by atoms with Gasteiger partial charge in [-0.15, -0.1) is 22.7 Å². The Labute approximate surface area is 98.6 Å². The Kier molecular flexibility index (Phi) is 2.19. The minimum absolute atomic E-state index is 0.446. The molecule has 0 saturated carbocycles. The van der Waals surface area contributed by atoms with Crippen LogP contribution in [0.5, 0.6) is 0 Å². The van der Waals surface area contributed by atoms with Crippen LogP contribution in [-0.4, -0.2) is 15.1 Å². The van der Waals surface area contributed by atoms with Crippen LogP contribution in [0.2, 0.25) is 0 Å². The van der Waals surface area contributed by atoms with Gasteiger partial charge in [-0.25, -0.2) is 0 Å². The van der Waals surface area contributed by atoms with Crippen LogP contribution >= 0.6 is 22.7 Å². The van der Waals surface area contributed by atoms with Gasteiger partial charge < -0.3 is 10.3 Å². The third-order valence-corrected chi connectivity index (χ3v) is 3.52. The molecule has 0 atom stereocenters. The molecule has 0 unspecified atom stereocenters. The van der Waals surface area contributed by atoms with E-state index in [2.05, 4.69) is 15.1 Å². The van der Waals surface area contributed by atoms with E-state index in [9.17, 15) is 0 Å². The van der Waals surface area contributed by atoms with Crippen LogP contribution in [-0.2, 0) is 0 Å². The van der Waals surface area contributed by atoms with Crippen LogP contribution in [0.15, 0.2) is 27.7 Å². The number of aromatic nitrogens is 3. The first-order valence-electron chi connectivity index (χ1n) is 4.40. The molecule has 0 saturated heterocycles. The highest BCUT2D eigenvalue weighted by molar-refractivity contribution is 7.14. The van der Waals surface area contributed by atoms with E-state index in [1.807, 2.05) is 11.4 Å². The molecule has 5 nitrogen and oxygen atoms in total. The molecular formula is C9H6N4OS2. The first-order chi connectivity index (χ1) is 7.84. The van der Waals surface area contributed by atoms with Crippen LogP contribution < -0.4 is 5.73 Å². The van der Waals surface area contributed by atoms with Crippen molar-refractivity contribution in [3.05, 3.63) is 23.2 Å². The van der Waals surface area contributed by atoms with Gasteiger partial charge in [0, 0.05) is 6.20 Å². The van der Waals surface area contributed by atoms with E-state index >= 15 is 0 Å². The van der Waals surface area contributed by atoms with Gasteiger partial charge in [0.15, 0.2) is 0 Å². The van der Waals surface area contributed by atoms with Crippen LogP contribution in [0.25, 0.3) is 22.2 Å². The van der Waals surface area contributed by atoms with E-state index in [0.717, 1.165) is 10.4 Å². The number of thiophene rings is 1. The molecule has 0 bridgehead atoms. The maximum absolute atomic E-state index is 5.78. The number of thiazole rings is 1. The smallest absolute Gasteiger partial charge is 0.261 e. The largest absolute Gasteiger partial charge is 0.390 e. The van der Waals surface area contributed by atoms with Gasteiger partial charge >= 0.3 is 0 Å². The number of nitrogens with two attached hydrogens (primary N) is 1. The Morgan fingerprint density at radius 1 is 1.31 bits per heavy atom. The molecule has 16 heavy (non-hydrogen) atoms. The number of anilines is 1. The molecular weight excluding hydrogens is 244 g/mol. The molecule has 3 rings (SSSR count). The Morgan fingerprint density at radius 3 is 2.94 bits per heavy atom. The Morgan fingerprint density at radius 2 is 2.25 bits per heavy atom. The van der Waals surface area contributed by atoms with Gasteiger partial charge in [0.2, 0.25) is 5.82 Å². The predicted octanol–water partition coefficient (Wildman–Crippen LogP) is 2.50. The first-order valence-corrected chi connectivity index (χ1v) is 6.16. The highest BCUT2D eigenvalue weighted by Crippen LogP contribution is 2.31. The molecule has 2 N–H and O–H groups in total. The summed E-state index contributed by atoms with van der Waals surface area (Å²) in [7, 11) is 0. The van der Waals surface area contributed by atoms with E-state index in [1.54, 1.807) is 11.7 Å². The van der Waals surface area contributed by atoms with Crippen molar-refractivity contribution in [3.8, 4) is 22.2 Å². The Balaban J connectivity index is 2.03. The molecule has 3 aromatic rings. The molecule has 0 radical (unpaired) electrons. The average Bonchev–Trinajstić information content (AvgIpc) is 2.96. The lowest BCUT2D eigenvalue weighted by atomic mass is 10.3. The van der Waals surface area contributed by atoms with Crippen LogP contribution in [0.4, 0.5) is 5.00 Å². The molecule has 0 aliphatic heterocycles. The number of hydrogen-bond donors (Lipinski definition) is 1. The summed E-state index contributed by atoms with van der Waals surface area (Å²) >= 11 is 2.91. The molecule has 7 heteroatoms. The van der Waals surface area contributed by atoms with E-state index in [1.165, 1.54) is 22.7 Å². The van der Waals surface area contributed by atoms with Crippen LogP contribution in [0, 0.1) is 0 Å². The summed E-state index contributed by atoms with van der Waals surface area (Å²) < 4.78 is 5.16. The van der Waals surface area contributed by atoms with Crippen molar-refractivity contribution >= 4 is 27.7 Å². The molecule has 0 aliphatic rings. The highest BCUT2D eigenvalue weighted by Gasteiger charge is 2.14. The predicted molar refractivity (Wildman–Crippen MR) is 63.1 cm³/mol. The number of rotatable bonds is 2. The number of nitrogens with zero attached hydrogens (tertiary/aromatic N) is 3. The Bertz CT molecular complexity index is 599. The fourth-order valence-electron chi connectivity index (χ4n) is 1.26. The molecule has 3 heterocycles. The van der Waals surface area contributed by atoms with Crippen molar-refractivity contribution < 1.29 is 4.52 Å². The third-order valence-electron chi connectivity index (χ3n) is 2.00. The summed E-state index contributed by atoms with van der Waals surface area (Å²) in [5.74, 6) is 0.991. The molecule has 80 valence electrons. The molecule has 3 aromatic heterocycles. The quantitative estimate of drug-likeness (QED) is 0.756. The van der Waals surface area contributed by atoms with Gasteiger partial charge in [0.05, 0.1) is 21.0 Å². The number of nitrogen functional groups attached to an aromatic ring is 1. The van der Waals surface area contributed by atoms with Crippen molar-refractivity contribution in [2.24, 2.45) is 0 Å². The monoisotopic (exact) mass is 250 g/mol. The van der Waals surface area contributed by atoms with Gasteiger partial charge in [0.25, 0.3) is 5.89 Å². The third kappa shape index (κ3) is 1.50. The van der Waals surface area contributed by atoms with Crippen molar-refractivity contribution in [2.45, 2.75) is 0 Å². The molecule has 0 fully saturated rings. The summed E-state index contributed by atoms with van der Waals surface area (Å²) in [6.07, 6.45) is 1.70. The van der Waals surface area contributed by atoms with Crippen molar-refractivity contribution in [3.63, 3.8) is 0 Å². The van der Waals surface area contributed by atoms with E-state index in [0.29, 0.717) is 16.7 Å².